The topological polar surface area (TPSA) is 32.9 Å². The van der Waals surface area contributed by atoms with Crippen molar-refractivity contribution in [3.8, 4) is 0 Å². The van der Waals surface area contributed by atoms with Crippen LogP contribution >= 0.6 is 12.2 Å². The Bertz CT molecular complexity index is 441. The molecule has 0 spiro atoms. The van der Waals surface area contributed by atoms with E-state index < -0.39 is 0 Å². The summed E-state index contributed by atoms with van der Waals surface area (Å²) in [5, 5.41) is 7.60. The Morgan fingerprint density at radius 1 is 1.23 bits per heavy atom. The highest BCUT2D eigenvalue weighted by Crippen LogP contribution is 2.01. The number of hydrogen-bond acceptors (Lipinski definition) is 1. The second-order valence-electron chi connectivity index (χ2n) is 6.54. The first-order chi connectivity index (χ1) is 10.6. The largest absolute Gasteiger partial charge is 0.360 e. The fraction of sp³-hybridized carbons (Fsp3) is 0.588. The zero-order chi connectivity index (χ0) is 15.8. The Balaban J connectivity index is 1.63. The van der Waals surface area contributed by atoms with Crippen LogP contribution in [0.3, 0.4) is 0 Å². The van der Waals surface area contributed by atoms with Crippen molar-refractivity contribution in [2.24, 2.45) is 0 Å². The molecule has 1 heterocycles. The standard InChI is InChI=1S/C17H28N4S/c1-20(2)13-10-18-17(22)19-16-8-11-21(12-9-16)14-15-6-4-3-5-7-15/h3-7,16H,8-14H2,1-2H3,(H2,18,19,22)/p+2. The van der Waals surface area contributed by atoms with Gasteiger partial charge >= 0.3 is 0 Å². The number of thiocarbonyl (C=S) groups is 1. The highest BCUT2D eigenvalue weighted by atomic mass is 32.1. The van der Waals surface area contributed by atoms with Crippen LogP contribution < -0.4 is 20.4 Å². The molecule has 0 aliphatic carbocycles. The van der Waals surface area contributed by atoms with Gasteiger partial charge < -0.3 is 20.4 Å². The van der Waals surface area contributed by atoms with Gasteiger partial charge in [-0.05, 0) is 12.2 Å². The molecule has 0 bridgehead atoms. The van der Waals surface area contributed by atoms with Crippen LogP contribution in [0.1, 0.15) is 18.4 Å². The van der Waals surface area contributed by atoms with Crippen LogP contribution in [0.15, 0.2) is 30.3 Å². The molecule has 0 atom stereocenters. The van der Waals surface area contributed by atoms with Crippen molar-refractivity contribution in [2.45, 2.75) is 25.4 Å². The lowest BCUT2D eigenvalue weighted by atomic mass is 10.0. The van der Waals surface area contributed by atoms with Gasteiger partial charge in [-0.2, -0.15) is 0 Å². The highest BCUT2D eigenvalue weighted by molar-refractivity contribution is 7.80. The summed E-state index contributed by atoms with van der Waals surface area (Å²) in [6.07, 6.45) is 2.39. The Morgan fingerprint density at radius 3 is 2.55 bits per heavy atom. The zero-order valence-electron chi connectivity index (χ0n) is 13.8. The predicted molar refractivity (Wildman–Crippen MR) is 95.3 cm³/mol. The van der Waals surface area contributed by atoms with Crippen molar-refractivity contribution in [2.75, 3.05) is 40.3 Å². The molecule has 4 N–H and O–H groups in total. The molecule has 22 heavy (non-hydrogen) atoms. The zero-order valence-corrected chi connectivity index (χ0v) is 14.6. The molecule has 1 aromatic rings. The number of likely N-dealkylation sites (tertiary alicyclic amines) is 1. The molecule has 1 aliphatic rings. The van der Waals surface area contributed by atoms with Crippen LogP contribution in [0, 0.1) is 0 Å². The van der Waals surface area contributed by atoms with Gasteiger partial charge in [0.15, 0.2) is 5.11 Å². The van der Waals surface area contributed by atoms with Crippen LogP contribution in [0.4, 0.5) is 0 Å². The van der Waals surface area contributed by atoms with Crippen molar-refractivity contribution < 1.29 is 9.80 Å². The number of quaternary nitrogens is 2. The smallest absolute Gasteiger partial charge is 0.166 e. The Labute approximate surface area is 139 Å². The monoisotopic (exact) mass is 322 g/mol. The Morgan fingerprint density at radius 2 is 1.91 bits per heavy atom. The number of hydrogen-bond donors (Lipinski definition) is 4. The van der Waals surface area contributed by atoms with E-state index in [9.17, 15) is 0 Å². The van der Waals surface area contributed by atoms with Gasteiger partial charge in [-0.15, -0.1) is 0 Å². The van der Waals surface area contributed by atoms with E-state index in [1.807, 2.05) is 0 Å². The van der Waals surface area contributed by atoms with Gasteiger partial charge in [0.2, 0.25) is 0 Å². The maximum absolute atomic E-state index is 5.38. The molecule has 2 rings (SSSR count). The molecule has 0 saturated carbocycles. The van der Waals surface area contributed by atoms with E-state index in [4.69, 9.17) is 12.2 Å². The van der Waals surface area contributed by atoms with E-state index in [1.54, 1.807) is 4.90 Å². The average molecular weight is 323 g/mol. The molecule has 1 saturated heterocycles. The van der Waals surface area contributed by atoms with Gasteiger partial charge in [0, 0.05) is 24.4 Å². The van der Waals surface area contributed by atoms with Gasteiger partial charge in [0.25, 0.3) is 0 Å². The van der Waals surface area contributed by atoms with E-state index in [-0.39, 0.29) is 0 Å². The van der Waals surface area contributed by atoms with Crippen LogP contribution in [0.5, 0.6) is 0 Å². The fourth-order valence-electron chi connectivity index (χ4n) is 2.89. The summed E-state index contributed by atoms with van der Waals surface area (Å²) in [5.74, 6) is 0. The first-order valence-corrected chi connectivity index (χ1v) is 8.75. The molecule has 0 amide bonds. The number of rotatable bonds is 6. The molecule has 0 radical (unpaired) electrons. The van der Waals surface area contributed by atoms with Gasteiger partial charge in [0.05, 0.1) is 40.3 Å². The van der Waals surface area contributed by atoms with Crippen molar-refractivity contribution in [3.63, 3.8) is 0 Å². The summed E-state index contributed by atoms with van der Waals surface area (Å²) in [6, 6.07) is 11.3. The minimum absolute atomic E-state index is 0.534. The lowest BCUT2D eigenvalue weighted by Gasteiger charge is -2.30. The van der Waals surface area contributed by atoms with Crippen LogP contribution in [-0.4, -0.2) is 51.4 Å². The second-order valence-corrected chi connectivity index (χ2v) is 6.95. The normalized spacial score (nSPS) is 21.6. The van der Waals surface area contributed by atoms with Crippen LogP contribution in [-0.2, 0) is 6.54 Å². The summed E-state index contributed by atoms with van der Waals surface area (Å²) in [6.45, 7) is 5.60. The van der Waals surface area contributed by atoms with Gasteiger partial charge in [-0.1, -0.05) is 30.3 Å². The first-order valence-electron chi connectivity index (χ1n) is 8.34. The molecule has 0 aromatic heterocycles. The summed E-state index contributed by atoms with van der Waals surface area (Å²) >= 11 is 5.38. The molecular weight excluding hydrogens is 292 g/mol. The van der Waals surface area contributed by atoms with Crippen molar-refractivity contribution in [3.05, 3.63) is 35.9 Å². The molecule has 0 unspecified atom stereocenters. The van der Waals surface area contributed by atoms with Crippen molar-refractivity contribution in [1.82, 2.24) is 10.6 Å². The van der Waals surface area contributed by atoms with Gasteiger partial charge in [-0.3, -0.25) is 0 Å². The Kier molecular flexibility index (Phi) is 7.09. The van der Waals surface area contributed by atoms with Crippen molar-refractivity contribution >= 4 is 17.3 Å². The summed E-state index contributed by atoms with van der Waals surface area (Å²) in [5.41, 5.74) is 1.44. The molecule has 1 fully saturated rings. The third-order valence-electron chi connectivity index (χ3n) is 4.24. The number of piperidine rings is 1. The minimum Gasteiger partial charge on any atom is -0.360 e. The summed E-state index contributed by atoms with van der Waals surface area (Å²) in [7, 11) is 4.31. The lowest BCUT2D eigenvalue weighted by Crippen LogP contribution is -3.12. The third kappa shape index (κ3) is 6.30. The predicted octanol–water partition coefficient (Wildman–Crippen LogP) is -1.16. The van der Waals surface area contributed by atoms with Gasteiger partial charge in [0.1, 0.15) is 6.54 Å². The number of benzene rings is 1. The molecule has 122 valence electrons. The maximum atomic E-state index is 5.38. The molecule has 4 nitrogen and oxygen atoms in total. The van der Waals surface area contributed by atoms with E-state index >= 15 is 0 Å². The molecule has 5 heteroatoms. The van der Waals surface area contributed by atoms with E-state index in [2.05, 4.69) is 55.1 Å². The van der Waals surface area contributed by atoms with Crippen LogP contribution in [0.2, 0.25) is 0 Å². The molecular formula is C17H30N4S+2. The first kappa shape index (κ1) is 17.2. The molecule has 1 aliphatic heterocycles. The van der Waals surface area contributed by atoms with E-state index in [0.717, 1.165) is 24.7 Å². The summed E-state index contributed by atoms with van der Waals surface area (Å²) in [4.78, 5) is 3.12. The SMILES string of the molecule is C[NH+](C)CCNC(=S)NC1CC[NH+](Cc2ccccc2)CC1. The minimum atomic E-state index is 0.534. The maximum Gasteiger partial charge on any atom is 0.166 e. The summed E-state index contributed by atoms with van der Waals surface area (Å²) < 4.78 is 0. The Hall–Kier alpha value is -1.17. The number of nitrogens with one attached hydrogen (secondary N) is 4. The van der Waals surface area contributed by atoms with E-state index in [0.29, 0.717) is 6.04 Å². The quantitative estimate of drug-likeness (QED) is 0.499. The lowest BCUT2D eigenvalue weighted by molar-refractivity contribution is -0.918. The van der Waals surface area contributed by atoms with Crippen molar-refractivity contribution in [1.29, 1.82) is 0 Å². The third-order valence-corrected chi connectivity index (χ3v) is 4.50. The number of likely N-dealkylation sites (N-methyl/N-ethyl adjacent to an activating group) is 1. The second kappa shape index (κ2) is 9.08. The highest BCUT2D eigenvalue weighted by Gasteiger charge is 2.22. The van der Waals surface area contributed by atoms with E-state index in [1.165, 1.54) is 36.4 Å². The van der Waals surface area contributed by atoms with Crippen LogP contribution in [0.25, 0.3) is 0 Å². The fourth-order valence-corrected chi connectivity index (χ4v) is 3.16. The van der Waals surface area contributed by atoms with Gasteiger partial charge in [-0.25, -0.2) is 0 Å². The average Bonchev–Trinajstić information content (AvgIpc) is 2.50. The molecule has 1 aromatic carbocycles.